The molecule has 0 bridgehead atoms. The zero-order valence-electron chi connectivity index (χ0n) is 15.5. The third-order valence-electron chi connectivity index (χ3n) is 5.19. The zero-order chi connectivity index (χ0) is 20.7. The van der Waals surface area contributed by atoms with Crippen LogP contribution in [0.2, 0.25) is 10.0 Å². The molecule has 0 spiro atoms. The van der Waals surface area contributed by atoms with Gasteiger partial charge in [-0.3, -0.25) is 4.79 Å². The number of nitrogens with zero attached hydrogens (tertiary/aromatic N) is 1. The quantitative estimate of drug-likeness (QED) is 0.576. The van der Waals surface area contributed by atoms with Gasteiger partial charge in [-0.25, -0.2) is 4.79 Å². The fourth-order valence-corrected chi connectivity index (χ4v) is 4.62. The molecule has 0 aromatic heterocycles. The molecule has 0 radical (unpaired) electrons. The van der Waals surface area contributed by atoms with Gasteiger partial charge in [-0.05, 0) is 23.6 Å². The van der Waals surface area contributed by atoms with Gasteiger partial charge in [0.15, 0.2) is 0 Å². The highest BCUT2D eigenvalue weighted by Crippen LogP contribution is 2.45. The molecule has 3 aromatic rings. The molecule has 0 saturated carbocycles. The van der Waals surface area contributed by atoms with Gasteiger partial charge < -0.3 is 15.3 Å². The minimum Gasteiger partial charge on any atom is -0.480 e. The third-order valence-corrected chi connectivity index (χ3v) is 5.72. The average Bonchev–Trinajstić information content (AvgIpc) is 2.67. The number of carboxylic acids is 1. The molecule has 4 rings (SSSR count). The second-order valence-electron chi connectivity index (χ2n) is 7.02. The van der Waals surface area contributed by atoms with Crippen LogP contribution in [0.3, 0.4) is 0 Å². The molecule has 0 saturated heterocycles. The molecule has 1 aliphatic heterocycles. The van der Waals surface area contributed by atoms with E-state index in [-0.39, 0.29) is 12.3 Å². The van der Waals surface area contributed by atoms with E-state index in [2.05, 4.69) is 5.32 Å². The van der Waals surface area contributed by atoms with Crippen molar-refractivity contribution in [3.05, 3.63) is 70.2 Å². The van der Waals surface area contributed by atoms with E-state index in [0.717, 1.165) is 10.8 Å². The fraction of sp³-hybridized carbons (Fsp3) is 0.182. The number of hydrogen-bond acceptors (Lipinski definition) is 3. The molecule has 1 aliphatic rings. The maximum Gasteiger partial charge on any atom is 0.326 e. The van der Waals surface area contributed by atoms with Crippen molar-refractivity contribution < 1.29 is 14.7 Å². The smallest absolute Gasteiger partial charge is 0.326 e. The number of aliphatic carboxylic acids is 1. The summed E-state index contributed by atoms with van der Waals surface area (Å²) in [7, 11) is 0. The molecule has 29 heavy (non-hydrogen) atoms. The summed E-state index contributed by atoms with van der Waals surface area (Å²) < 4.78 is 0. The Labute approximate surface area is 177 Å². The summed E-state index contributed by atoms with van der Waals surface area (Å²) in [6.45, 7) is 1.48. The first kappa shape index (κ1) is 19.6. The summed E-state index contributed by atoms with van der Waals surface area (Å²) in [6, 6.07) is 15.3. The number of amides is 1. The Morgan fingerprint density at radius 2 is 1.83 bits per heavy atom. The third kappa shape index (κ3) is 3.52. The van der Waals surface area contributed by atoms with Gasteiger partial charge in [0.2, 0.25) is 5.91 Å². The van der Waals surface area contributed by atoms with Crippen LogP contribution in [0, 0.1) is 0 Å². The first-order valence-electron chi connectivity index (χ1n) is 9.12. The van der Waals surface area contributed by atoms with E-state index >= 15 is 0 Å². The van der Waals surface area contributed by atoms with E-state index in [1.807, 2.05) is 42.5 Å². The largest absolute Gasteiger partial charge is 0.480 e. The number of rotatable bonds is 3. The molecule has 148 valence electrons. The van der Waals surface area contributed by atoms with Crippen molar-refractivity contribution in [1.29, 1.82) is 0 Å². The molecule has 0 fully saturated rings. The van der Waals surface area contributed by atoms with Crippen LogP contribution in [0.5, 0.6) is 0 Å². The monoisotopic (exact) mass is 428 g/mol. The van der Waals surface area contributed by atoms with Gasteiger partial charge in [0.1, 0.15) is 6.04 Å². The van der Waals surface area contributed by atoms with Crippen LogP contribution in [0.25, 0.3) is 10.8 Å². The Bertz CT molecular complexity index is 1130. The highest BCUT2D eigenvalue weighted by Gasteiger charge is 2.38. The van der Waals surface area contributed by atoms with Gasteiger partial charge in [0.25, 0.3) is 0 Å². The van der Waals surface area contributed by atoms with Crippen molar-refractivity contribution in [3.63, 3.8) is 0 Å². The number of hydrogen-bond donors (Lipinski definition) is 2. The molecule has 2 atom stereocenters. The van der Waals surface area contributed by atoms with Crippen LogP contribution in [0.1, 0.15) is 24.9 Å². The Morgan fingerprint density at radius 3 is 2.55 bits per heavy atom. The molecule has 0 unspecified atom stereocenters. The van der Waals surface area contributed by atoms with Crippen LogP contribution in [-0.4, -0.2) is 23.0 Å². The Balaban J connectivity index is 1.94. The van der Waals surface area contributed by atoms with Gasteiger partial charge in [-0.2, -0.15) is 0 Å². The van der Waals surface area contributed by atoms with Crippen LogP contribution in [-0.2, 0) is 9.59 Å². The lowest BCUT2D eigenvalue weighted by molar-refractivity contribution is -0.138. The van der Waals surface area contributed by atoms with Gasteiger partial charge in [-0.15, -0.1) is 0 Å². The Morgan fingerprint density at radius 1 is 1.10 bits per heavy atom. The van der Waals surface area contributed by atoms with E-state index in [0.29, 0.717) is 27.0 Å². The lowest BCUT2D eigenvalue weighted by atomic mass is 9.90. The SMILES string of the molecule is CC(=O)N(c1cccc2ccccc12)[C@@H]1C[C@@H](C(=O)O)Nc2cc(Cl)cc(Cl)c21. The van der Waals surface area contributed by atoms with Gasteiger partial charge in [-0.1, -0.05) is 59.6 Å². The maximum absolute atomic E-state index is 12.8. The fourth-order valence-electron chi connectivity index (χ4n) is 4.00. The molecule has 0 aliphatic carbocycles. The first-order valence-corrected chi connectivity index (χ1v) is 9.88. The topological polar surface area (TPSA) is 69.6 Å². The van der Waals surface area contributed by atoms with Crippen molar-refractivity contribution >= 4 is 57.2 Å². The van der Waals surface area contributed by atoms with Crippen LogP contribution in [0.4, 0.5) is 11.4 Å². The van der Waals surface area contributed by atoms with Gasteiger partial charge in [0.05, 0.1) is 11.7 Å². The number of carbonyl (C=O) groups is 2. The minimum atomic E-state index is -1.00. The van der Waals surface area contributed by atoms with E-state index in [1.165, 1.54) is 6.92 Å². The molecule has 7 heteroatoms. The van der Waals surface area contributed by atoms with Crippen molar-refractivity contribution in [3.8, 4) is 0 Å². The van der Waals surface area contributed by atoms with Crippen LogP contribution < -0.4 is 10.2 Å². The maximum atomic E-state index is 12.8. The lowest BCUT2D eigenvalue weighted by Crippen LogP contribution is -2.43. The van der Waals surface area contributed by atoms with Gasteiger partial charge in [0, 0.05) is 40.0 Å². The Hall–Kier alpha value is -2.76. The van der Waals surface area contributed by atoms with Crippen LogP contribution in [0.15, 0.2) is 54.6 Å². The number of nitrogens with one attached hydrogen (secondary N) is 1. The molecule has 1 amide bonds. The first-order chi connectivity index (χ1) is 13.9. The molecule has 1 heterocycles. The molecule has 5 nitrogen and oxygen atoms in total. The molecule has 3 aromatic carbocycles. The van der Waals surface area contributed by atoms with E-state index in [1.54, 1.807) is 17.0 Å². The number of halogens is 2. The predicted molar refractivity (Wildman–Crippen MR) is 116 cm³/mol. The van der Waals surface area contributed by atoms with Crippen molar-refractivity contribution in [1.82, 2.24) is 0 Å². The van der Waals surface area contributed by atoms with Crippen molar-refractivity contribution in [2.24, 2.45) is 0 Å². The summed E-state index contributed by atoms with van der Waals surface area (Å²) in [5, 5.41) is 15.3. The number of fused-ring (bicyclic) bond motifs is 2. The zero-order valence-corrected chi connectivity index (χ0v) is 17.0. The standard InChI is InChI=1S/C22H18Cl2N2O3/c1-12(27)26(19-8-4-6-13-5-2-3-7-15(13)19)20-11-18(22(28)29)25-17-10-14(23)9-16(24)21(17)20/h2-10,18,20,25H,11H2,1H3,(H,28,29)/t18-,20+/m0/s1. The van der Waals surface area contributed by atoms with Crippen LogP contribution >= 0.6 is 23.2 Å². The van der Waals surface area contributed by atoms with E-state index in [4.69, 9.17) is 23.2 Å². The highest BCUT2D eigenvalue weighted by molar-refractivity contribution is 6.35. The van der Waals surface area contributed by atoms with E-state index in [9.17, 15) is 14.7 Å². The van der Waals surface area contributed by atoms with E-state index < -0.39 is 18.1 Å². The summed E-state index contributed by atoms with van der Waals surface area (Å²) in [6.07, 6.45) is 0.173. The second kappa shape index (κ2) is 7.58. The number of benzene rings is 3. The summed E-state index contributed by atoms with van der Waals surface area (Å²) in [4.78, 5) is 26.3. The highest BCUT2D eigenvalue weighted by atomic mass is 35.5. The summed E-state index contributed by atoms with van der Waals surface area (Å²) >= 11 is 12.7. The normalized spacial score (nSPS) is 18.0. The molecular weight excluding hydrogens is 411 g/mol. The van der Waals surface area contributed by atoms with Gasteiger partial charge >= 0.3 is 5.97 Å². The molecular formula is C22H18Cl2N2O3. The number of anilines is 2. The summed E-state index contributed by atoms with van der Waals surface area (Å²) in [5.41, 5.74) is 1.90. The average molecular weight is 429 g/mol. The predicted octanol–water partition coefficient (Wildman–Crippen LogP) is 5.51. The second-order valence-corrected chi connectivity index (χ2v) is 7.87. The summed E-state index contributed by atoms with van der Waals surface area (Å²) in [5.74, 6) is -1.20. The van der Waals surface area contributed by atoms with Crippen molar-refractivity contribution in [2.45, 2.75) is 25.4 Å². The minimum absolute atomic E-state index is 0.173. The Kier molecular flexibility index (Phi) is 5.11. The number of carboxylic acid groups (broad SMARTS) is 1. The number of carbonyl (C=O) groups excluding carboxylic acids is 1. The van der Waals surface area contributed by atoms with Crippen molar-refractivity contribution in [2.75, 3.05) is 10.2 Å². The lowest BCUT2D eigenvalue weighted by Gasteiger charge is -2.39. The molecule has 2 N–H and O–H groups in total.